The van der Waals surface area contributed by atoms with Crippen LogP contribution < -0.4 is 5.32 Å². The summed E-state index contributed by atoms with van der Waals surface area (Å²) in [7, 11) is 1.92. The fourth-order valence-electron chi connectivity index (χ4n) is 0.981. The van der Waals surface area contributed by atoms with E-state index in [9.17, 15) is 0 Å². The lowest BCUT2D eigenvalue weighted by Crippen LogP contribution is -2.17. The zero-order chi connectivity index (χ0) is 10.6. The Balaban J connectivity index is 2.82. The molecule has 0 aliphatic rings. The van der Waals surface area contributed by atoms with Crippen LogP contribution >= 0.6 is 23.2 Å². The molecule has 0 spiro atoms. The van der Waals surface area contributed by atoms with Gasteiger partial charge >= 0.3 is 0 Å². The molecule has 0 bridgehead atoms. The highest BCUT2D eigenvalue weighted by Crippen LogP contribution is 2.21. The van der Waals surface area contributed by atoms with E-state index in [4.69, 9.17) is 23.2 Å². The Labute approximate surface area is 94.7 Å². The minimum Gasteiger partial charge on any atom is -0.314 e. The molecule has 1 nitrogen and oxygen atoms in total. The van der Waals surface area contributed by atoms with Gasteiger partial charge in [-0.25, -0.2) is 0 Å². The van der Waals surface area contributed by atoms with Gasteiger partial charge in [0.1, 0.15) is 0 Å². The van der Waals surface area contributed by atoms with Gasteiger partial charge in [0.15, 0.2) is 0 Å². The van der Waals surface area contributed by atoms with Crippen LogP contribution in [0.4, 0.5) is 0 Å². The van der Waals surface area contributed by atoms with Crippen LogP contribution in [-0.4, -0.2) is 13.1 Å². The summed E-state index contributed by atoms with van der Waals surface area (Å²) in [6, 6.07) is 5.81. The molecule has 0 saturated heterocycles. The molecule has 0 aromatic heterocycles. The zero-order valence-electron chi connectivity index (χ0n) is 8.22. The zero-order valence-corrected chi connectivity index (χ0v) is 9.73. The van der Waals surface area contributed by atoms with Crippen molar-refractivity contribution in [2.45, 2.75) is 13.0 Å². The second kappa shape index (κ2) is 5.40. The average molecular weight is 230 g/mol. The lowest BCUT2D eigenvalue weighted by molar-refractivity contribution is 0.731. The van der Waals surface area contributed by atoms with Gasteiger partial charge < -0.3 is 5.32 Å². The molecule has 0 saturated carbocycles. The van der Waals surface area contributed by atoms with Gasteiger partial charge in [-0.1, -0.05) is 41.4 Å². The van der Waals surface area contributed by atoms with Crippen molar-refractivity contribution in [2.24, 2.45) is 0 Å². The van der Waals surface area contributed by atoms with Crippen LogP contribution in [0.2, 0.25) is 10.0 Å². The molecule has 0 heterocycles. The van der Waals surface area contributed by atoms with Crippen molar-refractivity contribution in [1.29, 1.82) is 0 Å². The van der Waals surface area contributed by atoms with E-state index in [1.807, 2.05) is 25.3 Å². The SMILES string of the molecule is CN[C@@H](C)/C=C/c1ccc(Cl)cc1Cl. The molecule has 76 valence electrons. The Morgan fingerprint density at radius 3 is 2.64 bits per heavy atom. The highest BCUT2D eigenvalue weighted by atomic mass is 35.5. The van der Waals surface area contributed by atoms with Crippen LogP contribution in [0.5, 0.6) is 0 Å². The van der Waals surface area contributed by atoms with Crippen LogP contribution in [0.3, 0.4) is 0 Å². The normalized spacial score (nSPS) is 13.4. The van der Waals surface area contributed by atoms with E-state index in [2.05, 4.69) is 18.3 Å². The predicted octanol–water partition coefficient (Wildman–Crippen LogP) is 3.61. The van der Waals surface area contributed by atoms with Gasteiger partial charge in [0.05, 0.1) is 0 Å². The third-order valence-electron chi connectivity index (χ3n) is 1.98. The summed E-state index contributed by atoms with van der Waals surface area (Å²) < 4.78 is 0. The molecular weight excluding hydrogens is 217 g/mol. The molecule has 1 atom stereocenters. The minimum absolute atomic E-state index is 0.335. The standard InChI is InChI=1S/C11H13Cl2N/c1-8(14-2)3-4-9-5-6-10(12)7-11(9)13/h3-8,14H,1-2H3/b4-3+/t8-/m0/s1. The molecule has 0 aliphatic heterocycles. The van der Waals surface area contributed by atoms with Gasteiger partial charge in [-0.05, 0) is 31.7 Å². The fraction of sp³-hybridized carbons (Fsp3) is 0.273. The lowest BCUT2D eigenvalue weighted by atomic mass is 10.2. The van der Waals surface area contributed by atoms with Crippen molar-refractivity contribution in [3.63, 3.8) is 0 Å². The van der Waals surface area contributed by atoms with Crippen molar-refractivity contribution in [3.8, 4) is 0 Å². The monoisotopic (exact) mass is 229 g/mol. The third kappa shape index (κ3) is 3.33. The first-order chi connectivity index (χ1) is 6.63. The number of likely N-dealkylation sites (N-methyl/N-ethyl adjacent to an activating group) is 1. The second-order valence-electron chi connectivity index (χ2n) is 3.10. The third-order valence-corrected chi connectivity index (χ3v) is 2.54. The van der Waals surface area contributed by atoms with Crippen molar-refractivity contribution < 1.29 is 0 Å². The van der Waals surface area contributed by atoms with E-state index < -0.39 is 0 Å². The van der Waals surface area contributed by atoms with E-state index >= 15 is 0 Å². The summed E-state index contributed by atoms with van der Waals surface area (Å²) in [5.74, 6) is 0. The molecule has 0 amide bonds. The van der Waals surface area contributed by atoms with E-state index in [0.29, 0.717) is 16.1 Å². The Hall–Kier alpha value is -0.500. The molecule has 0 radical (unpaired) electrons. The van der Waals surface area contributed by atoms with Gasteiger partial charge in [-0.3, -0.25) is 0 Å². The molecule has 3 heteroatoms. The molecule has 14 heavy (non-hydrogen) atoms. The summed E-state index contributed by atoms with van der Waals surface area (Å²) in [6.07, 6.45) is 4.04. The van der Waals surface area contributed by atoms with Crippen LogP contribution in [0, 0.1) is 0 Å². The number of nitrogens with one attached hydrogen (secondary N) is 1. The topological polar surface area (TPSA) is 12.0 Å². The number of rotatable bonds is 3. The van der Waals surface area contributed by atoms with E-state index in [-0.39, 0.29) is 0 Å². The maximum atomic E-state index is 6.00. The Bertz CT molecular complexity index is 334. The summed E-state index contributed by atoms with van der Waals surface area (Å²) in [4.78, 5) is 0. The molecule has 1 N–H and O–H groups in total. The summed E-state index contributed by atoms with van der Waals surface area (Å²) in [5, 5.41) is 4.45. The van der Waals surface area contributed by atoms with Crippen molar-refractivity contribution in [3.05, 3.63) is 39.9 Å². The number of hydrogen-bond acceptors (Lipinski definition) is 1. The molecule has 0 unspecified atom stereocenters. The van der Waals surface area contributed by atoms with Gasteiger partial charge in [0.2, 0.25) is 0 Å². The first kappa shape index (κ1) is 11.6. The van der Waals surface area contributed by atoms with Crippen molar-refractivity contribution in [1.82, 2.24) is 5.32 Å². The quantitative estimate of drug-likeness (QED) is 0.836. The van der Waals surface area contributed by atoms with Crippen LogP contribution in [0.15, 0.2) is 24.3 Å². The van der Waals surface area contributed by atoms with Gasteiger partial charge in [0, 0.05) is 16.1 Å². The largest absolute Gasteiger partial charge is 0.314 e. The second-order valence-corrected chi connectivity index (χ2v) is 3.95. The van der Waals surface area contributed by atoms with E-state index in [1.165, 1.54) is 0 Å². The first-order valence-electron chi connectivity index (χ1n) is 4.44. The number of hydrogen-bond donors (Lipinski definition) is 1. The summed E-state index contributed by atoms with van der Waals surface area (Å²) in [5.41, 5.74) is 0.984. The molecular formula is C11H13Cl2N. The molecule has 0 fully saturated rings. The number of benzene rings is 1. The average Bonchev–Trinajstić information content (AvgIpc) is 2.16. The van der Waals surface area contributed by atoms with Crippen LogP contribution in [-0.2, 0) is 0 Å². The lowest BCUT2D eigenvalue weighted by Gasteiger charge is -2.03. The van der Waals surface area contributed by atoms with Gasteiger partial charge in [0.25, 0.3) is 0 Å². The Morgan fingerprint density at radius 2 is 2.07 bits per heavy atom. The van der Waals surface area contributed by atoms with Crippen molar-refractivity contribution >= 4 is 29.3 Å². The highest BCUT2D eigenvalue weighted by molar-refractivity contribution is 6.35. The predicted molar refractivity (Wildman–Crippen MR) is 64.0 cm³/mol. The molecule has 1 aromatic carbocycles. The van der Waals surface area contributed by atoms with E-state index in [0.717, 1.165) is 5.56 Å². The molecule has 0 aliphatic carbocycles. The van der Waals surface area contributed by atoms with Crippen LogP contribution in [0.1, 0.15) is 12.5 Å². The highest BCUT2D eigenvalue weighted by Gasteiger charge is 1.97. The smallest absolute Gasteiger partial charge is 0.0493 e. The Morgan fingerprint density at radius 1 is 1.36 bits per heavy atom. The van der Waals surface area contributed by atoms with Gasteiger partial charge in [-0.2, -0.15) is 0 Å². The fourth-order valence-corrected chi connectivity index (χ4v) is 1.45. The van der Waals surface area contributed by atoms with E-state index in [1.54, 1.807) is 6.07 Å². The van der Waals surface area contributed by atoms with Crippen molar-refractivity contribution in [2.75, 3.05) is 7.05 Å². The maximum Gasteiger partial charge on any atom is 0.0493 e. The first-order valence-corrected chi connectivity index (χ1v) is 5.19. The van der Waals surface area contributed by atoms with Crippen LogP contribution in [0.25, 0.3) is 6.08 Å². The molecule has 1 aromatic rings. The molecule has 1 rings (SSSR count). The number of halogens is 2. The van der Waals surface area contributed by atoms with Gasteiger partial charge in [-0.15, -0.1) is 0 Å². The minimum atomic E-state index is 0.335. The summed E-state index contributed by atoms with van der Waals surface area (Å²) in [6.45, 7) is 2.07. The Kier molecular flexibility index (Phi) is 4.46. The summed E-state index contributed by atoms with van der Waals surface area (Å²) >= 11 is 11.8. The maximum absolute atomic E-state index is 6.00.